The molecule has 2 rings (SSSR count). The molecule has 0 aliphatic heterocycles. The average Bonchev–Trinajstić information content (AvgIpc) is 2.74. The minimum absolute atomic E-state index is 0.208. The van der Waals surface area contributed by atoms with E-state index in [1.165, 1.54) is 23.6 Å². The number of thiazole rings is 1. The Morgan fingerprint density at radius 1 is 1.59 bits per heavy atom. The van der Waals surface area contributed by atoms with E-state index in [9.17, 15) is 9.59 Å². The van der Waals surface area contributed by atoms with Crippen molar-refractivity contribution in [3.8, 4) is 0 Å². The van der Waals surface area contributed by atoms with Crippen LogP contribution in [0.3, 0.4) is 0 Å². The Morgan fingerprint density at radius 3 is 2.94 bits per heavy atom. The molecular formula is C11H10N2O3S. The lowest BCUT2D eigenvalue weighted by molar-refractivity contribution is 0.0694. The highest BCUT2D eigenvalue weighted by Gasteiger charge is 2.10. The maximum absolute atomic E-state index is 11.4. The molecule has 0 amide bonds. The van der Waals surface area contributed by atoms with Crippen LogP contribution in [-0.2, 0) is 6.54 Å². The zero-order valence-corrected chi connectivity index (χ0v) is 9.90. The first-order valence-electron chi connectivity index (χ1n) is 4.89. The third-order valence-corrected chi connectivity index (χ3v) is 3.15. The lowest BCUT2D eigenvalue weighted by Gasteiger charge is -2.09. The lowest BCUT2D eigenvalue weighted by atomic mass is 10.2. The number of hydrogen-bond donors (Lipinski definition) is 1. The number of aromatic carboxylic acids is 1. The summed E-state index contributed by atoms with van der Waals surface area (Å²) in [5.74, 6) is -1.20. The van der Waals surface area contributed by atoms with E-state index in [1.807, 2.05) is 0 Å². The number of nitrogens with zero attached hydrogens (tertiary/aromatic N) is 2. The van der Waals surface area contributed by atoms with E-state index in [1.54, 1.807) is 23.2 Å². The number of rotatable bonds is 3. The van der Waals surface area contributed by atoms with Gasteiger partial charge in [-0.3, -0.25) is 9.78 Å². The summed E-state index contributed by atoms with van der Waals surface area (Å²) in [5.41, 5.74) is 1.77. The van der Waals surface area contributed by atoms with Gasteiger partial charge in [0.1, 0.15) is 5.56 Å². The van der Waals surface area contributed by atoms with Crippen molar-refractivity contribution >= 4 is 17.3 Å². The smallest absolute Gasteiger partial charge is 0.341 e. The van der Waals surface area contributed by atoms with Crippen LogP contribution in [0.15, 0.2) is 28.8 Å². The Labute approximate surface area is 101 Å². The van der Waals surface area contributed by atoms with Crippen molar-refractivity contribution in [3.63, 3.8) is 0 Å². The van der Waals surface area contributed by atoms with Crippen LogP contribution in [0.5, 0.6) is 0 Å². The van der Waals surface area contributed by atoms with Crippen LogP contribution in [0.2, 0.25) is 0 Å². The Bertz CT molecular complexity index is 602. The Hall–Kier alpha value is -1.95. The molecule has 0 spiro atoms. The topological polar surface area (TPSA) is 72.2 Å². The number of carboxylic acids is 1. The largest absolute Gasteiger partial charge is 0.477 e. The molecule has 0 aliphatic carbocycles. The summed E-state index contributed by atoms with van der Waals surface area (Å²) in [6, 6.07) is 1.34. The fourth-order valence-corrected chi connectivity index (χ4v) is 2.08. The summed E-state index contributed by atoms with van der Waals surface area (Å²) in [7, 11) is 0. The molecule has 0 bridgehead atoms. The first-order valence-corrected chi connectivity index (χ1v) is 5.77. The van der Waals surface area contributed by atoms with Gasteiger partial charge in [0.15, 0.2) is 5.43 Å². The van der Waals surface area contributed by atoms with Crippen LogP contribution in [-0.4, -0.2) is 20.6 Å². The molecule has 0 aliphatic rings. The molecular weight excluding hydrogens is 240 g/mol. The van der Waals surface area contributed by atoms with E-state index >= 15 is 0 Å². The van der Waals surface area contributed by atoms with Gasteiger partial charge < -0.3 is 9.67 Å². The van der Waals surface area contributed by atoms with E-state index in [4.69, 9.17) is 5.11 Å². The molecule has 0 aromatic carbocycles. The second-order valence-corrected chi connectivity index (χ2v) is 4.56. The Kier molecular flexibility index (Phi) is 3.06. The maximum atomic E-state index is 11.4. The van der Waals surface area contributed by atoms with Crippen LogP contribution in [0.4, 0.5) is 0 Å². The molecule has 0 saturated heterocycles. The van der Waals surface area contributed by atoms with E-state index in [0.717, 1.165) is 10.6 Å². The molecule has 0 radical (unpaired) electrons. The number of aromatic nitrogens is 2. The molecule has 2 aromatic heterocycles. The van der Waals surface area contributed by atoms with E-state index in [0.29, 0.717) is 6.54 Å². The van der Waals surface area contributed by atoms with E-state index in [-0.39, 0.29) is 5.56 Å². The van der Waals surface area contributed by atoms with Crippen molar-refractivity contribution in [1.29, 1.82) is 0 Å². The van der Waals surface area contributed by atoms with Gasteiger partial charge in [-0.2, -0.15) is 0 Å². The summed E-state index contributed by atoms with van der Waals surface area (Å²) in [6.07, 6.45) is 3.10. The summed E-state index contributed by atoms with van der Waals surface area (Å²) in [6.45, 7) is 2.30. The average molecular weight is 250 g/mol. The van der Waals surface area contributed by atoms with Gasteiger partial charge in [0, 0.05) is 29.0 Å². The molecule has 0 unspecified atom stereocenters. The molecule has 5 nitrogen and oxygen atoms in total. The van der Waals surface area contributed by atoms with Crippen LogP contribution >= 0.6 is 11.3 Å². The predicted octanol–water partition coefficient (Wildman–Crippen LogP) is 1.36. The molecule has 2 heterocycles. The van der Waals surface area contributed by atoms with E-state index < -0.39 is 11.4 Å². The van der Waals surface area contributed by atoms with Gasteiger partial charge in [0.2, 0.25) is 0 Å². The zero-order valence-electron chi connectivity index (χ0n) is 9.08. The number of aryl methyl sites for hydroxylation is 1. The zero-order chi connectivity index (χ0) is 12.4. The number of carbonyl (C=O) groups is 1. The van der Waals surface area contributed by atoms with Crippen LogP contribution in [0, 0.1) is 6.92 Å². The number of hydrogen-bond acceptors (Lipinski definition) is 4. The lowest BCUT2D eigenvalue weighted by Crippen LogP contribution is -2.19. The van der Waals surface area contributed by atoms with Crippen molar-refractivity contribution in [2.75, 3.05) is 0 Å². The molecule has 6 heteroatoms. The van der Waals surface area contributed by atoms with Gasteiger partial charge >= 0.3 is 5.97 Å². The molecule has 0 fully saturated rings. The molecule has 0 atom stereocenters. The van der Waals surface area contributed by atoms with Gasteiger partial charge in [0.05, 0.1) is 12.1 Å². The quantitative estimate of drug-likeness (QED) is 0.892. The predicted molar refractivity (Wildman–Crippen MR) is 63.6 cm³/mol. The summed E-state index contributed by atoms with van der Waals surface area (Å²) >= 11 is 1.49. The van der Waals surface area contributed by atoms with Gasteiger partial charge in [-0.25, -0.2) is 4.79 Å². The molecule has 17 heavy (non-hydrogen) atoms. The normalized spacial score (nSPS) is 10.4. The highest BCUT2D eigenvalue weighted by molar-refractivity contribution is 7.09. The van der Waals surface area contributed by atoms with Gasteiger partial charge in [-0.05, 0) is 6.92 Å². The van der Waals surface area contributed by atoms with Crippen LogP contribution in [0.1, 0.15) is 20.9 Å². The maximum Gasteiger partial charge on any atom is 0.341 e. The highest BCUT2D eigenvalue weighted by atomic mass is 32.1. The Balaban J connectivity index is 2.44. The molecule has 2 aromatic rings. The first kappa shape index (κ1) is 11.5. The number of carboxylic acid groups (broad SMARTS) is 1. The first-order chi connectivity index (χ1) is 8.08. The summed E-state index contributed by atoms with van der Waals surface area (Å²) in [4.78, 5) is 27.3. The van der Waals surface area contributed by atoms with Crippen molar-refractivity contribution in [1.82, 2.24) is 9.55 Å². The third-order valence-electron chi connectivity index (χ3n) is 2.38. The monoisotopic (exact) mass is 250 g/mol. The third kappa shape index (κ3) is 2.42. The molecule has 0 saturated carbocycles. The van der Waals surface area contributed by atoms with Gasteiger partial charge in [-0.15, -0.1) is 11.3 Å². The summed E-state index contributed by atoms with van der Waals surface area (Å²) in [5, 5.41) is 8.88. The van der Waals surface area contributed by atoms with Crippen LogP contribution in [0.25, 0.3) is 0 Å². The Morgan fingerprint density at radius 2 is 2.35 bits per heavy atom. The minimum Gasteiger partial charge on any atom is -0.477 e. The van der Waals surface area contributed by atoms with Crippen molar-refractivity contribution in [2.24, 2.45) is 0 Å². The standard InChI is InChI=1S/C11H10N2O3S/c1-7-2-10(14)9(11(15)16)5-13(7)4-8-3-12-6-17-8/h2-3,5-6H,4H2,1H3,(H,15,16). The van der Waals surface area contributed by atoms with Gasteiger partial charge in [0.25, 0.3) is 0 Å². The van der Waals surface area contributed by atoms with Gasteiger partial charge in [-0.1, -0.05) is 0 Å². The minimum atomic E-state index is -1.20. The van der Waals surface area contributed by atoms with Crippen molar-refractivity contribution in [3.05, 3.63) is 50.3 Å². The van der Waals surface area contributed by atoms with Crippen molar-refractivity contribution < 1.29 is 9.90 Å². The molecule has 88 valence electrons. The van der Waals surface area contributed by atoms with E-state index in [2.05, 4.69) is 4.98 Å². The fraction of sp³-hybridized carbons (Fsp3) is 0.182. The van der Waals surface area contributed by atoms with Crippen molar-refractivity contribution in [2.45, 2.75) is 13.5 Å². The van der Waals surface area contributed by atoms with Crippen LogP contribution < -0.4 is 5.43 Å². The second kappa shape index (κ2) is 4.50. The summed E-state index contributed by atoms with van der Waals surface area (Å²) < 4.78 is 1.73. The fourth-order valence-electron chi connectivity index (χ4n) is 1.49. The number of pyridine rings is 1. The highest BCUT2D eigenvalue weighted by Crippen LogP contribution is 2.10. The second-order valence-electron chi connectivity index (χ2n) is 3.59. The molecule has 1 N–H and O–H groups in total. The SMILES string of the molecule is Cc1cc(=O)c(C(=O)O)cn1Cc1cncs1.